The van der Waals surface area contributed by atoms with Crippen molar-refractivity contribution in [2.24, 2.45) is 7.05 Å². The topological polar surface area (TPSA) is 17.8 Å². The monoisotopic (exact) mass is 346 g/mol. The lowest BCUT2D eigenvalue weighted by Crippen LogP contribution is -1.90. The van der Waals surface area contributed by atoms with Crippen molar-refractivity contribution in [1.82, 2.24) is 9.55 Å². The predicted molar refractivity (Wildman–Crippen MR) is 115 cm³/mol. The van der Waals surface area contributed by atoms with Gasteiger partial charge < -0.3 is 4.57 Å². The zero-order chi connectivity index (χ0) is 18.1. The summed E-state index contributed by atoms with van der Waals surface area (Å²) in [5.41, 5.74) is 4.72. The van der Waals surface area contributed by atoms with Gasteiger partial charge in [-0.05, 0) is 62.5 Å². The van der Waals surface area contributed by atoms with E-state index in [0.29, 0.717) is 0 Å². The van der Waals surface area contributed by atoms with E-state index in [1.807, 2.05) is 0 Å². The van der Waals surface area contributed by atoms with Gasteiger partial charge in [0.15, 0.2) is 0 Å². The molecule has 0 aliphatic rings. The quantitative estimate of drug-likeness (QED) is 0.313. The molecule has 0 amide bonds. The standard InChI is InChI=1S/C25H18N2/c1-15-26-22-14-19(10-13-23(22)27(15)2)20-11-8-18-7-6-16-4-3-5-17-9-12-21(20)25(18)24(16)17/h3-14H,1-2H3. The van der Waals surface area contributed by atoms with Gasteiger partial charge in [0.05, 0.1) is 11.0 Å². The van der Waals surface area contributed by atoms with Crippen LogP contribution < -0.4 is 0 Å². The molecular weight excluding hydrogens is 328 g/mol. The first-order valence-electron chi connectivity index (χ1n) is 9.31. The molecule has 0 fully saturated rings. The van der Waals surface area contributed by atoms with Crippen LogP contribution in [0.1, 0.15) is 5.82 Å². The molecule has 0 aliphatic carbocycles. The third-order valence-corrected chi connectivity index (χ3v) is 5.94. The van der Waals surface area contributed by atoms with Gasteiger partial charge in [-0.25, -0.2) is 4.98 Å². The van der Waals surface area contributed by atoms with E-state index in [-0.39, 0.29) is 0 Å². The van der Waals surface area contributed by atoms with Gasteiger partial charge in [-0.1, -0.05) is 60.7 Å². The van der Waals surface area contributed by atoms with E-state index in [1.54, 1.807) is 0 Å². The molecule has 6 aromatic rings. The summed E-state index contributed by atoms with van der Waals surface area (Å²) in [6, 6.07) is 26.6. The van der Waals surface area contributed by atoms with E-state index in [1.165, 1.54) is 49.0 Å². The first-order chi connectivity index (χ1) is 13.2. The molecule has 5 aromatic carbocycles. The van der Waals surface area contributed by atoms with Gasteiger partial charge in [-0.3, -0.25) is 0 Å². The fourth-order valence-electron chi connectivity index (χ4n) is 4.47. The van der Waals surface area contributed by atoms with Crippen molar-refractivity contribution in [2.75, 3.05) is 0 Å². The van der Waals surface area contributed by atoms with Crippen LogP contribution in [0.2, 0.25) is 0 Å². The molecule has 0 atom stereocenters. The highest BCUT2D eigenvalue weighted by Crippen LogP contribution is 2.39. The highest BCUT2D eigenvalue weighted by atomic mass is 15.0. The molecule has 0 aliphatic heterocycles. The minimum atomic E-state index is 1.04. The fraction of sp³-hybridized carbons (Fsp3) is 0.0800. The Morgan fingerprint density at radius 2 is 1.44 bits per heavy atom. The Bertz CT molecular complexity index is 1470. The van der Waals surface area contributed by atoms with E-state index in [0.717, 1.165) is 11.3 Å². The van der Waals surface area contributed by atoms with Crippen molar-refractivity contribution in [3.8, 4) is 11.1 Å². The Balaban J connectivity index is 1.72. The van der Waals surface area contributed by atoms with Crippen LogP contribution in [0.15, 0.2) is 72.8 Å². The van der Waals surface area contributed by atoms with Crippen LogP contribution in [-0.4, -0.2) is 9.55 Å². The number of rotatable bonds is 1. The molecule has 0 saturated carbocycles. The largest absolute Gasteiger partial charge is 0.331 e. The first-order valence-corrected chi connectivity index (χ1v) is 9.31. The van der Waals surface area contributed by atoms with Gasteiger partial charge in [0, 0.05) is 7.05 Å². The summed E-state index contributed by atoms with van der Waals surface area (Å²) in [5, 5.41) is 7.94. The van der Waals surface area contributed by atoms with Crippen LogP contribution in [0.3, 0.4) is 0 Å². The van der Waals surface area contributed by atoms with E-state index in [9.17, 15) is 0 Å². The molecule has 2 heteroatoms. The maximum Gasteiger partial charge on any atom is 0.106 e. The normalized spacial score (nSPS) is 12.1. The van der Waals surface area contributed by atoms with Crippen molar-refractivity contribution < 1.29 is 0 Å². The maximum absolute atomic E-state index is 4.72. The number of aryl methyl sites for hydroxylation is 2. The van der Waals surface area contributed by atoms with Gasteiger partial charge in [0.2, 0.25) is 0 Å². The third kappa shape index (κ3) is 1.93. The molecule has 1 heterocycles. The summed E-state index contributed by atoms with van der Waals surface area (Å²) in [4.78, 5) is 4.72. The second-order valence-corrected chi connectivity index (χ2v) is 7.39. The molecule has 6 rings (SSSR count). The third-order valence-electron chi connectivity index (χ3n) is 5.94. The summed E-state index contributed by atoms with van der Waals surface area (Å²) < 4.78 is 2.14. The lowest BCUT2D eigenvalue weighted by Gasteiger charge is -2.14. The molecule has 1 aromatic heterocycles. The van der Waals surface area contributed by atoms with Gasteiger partial charge >= 0.3 is 0 Å². The van der Waals surface area contributed by atoms with Crippen molar-refractivity contribution in [1.29, 1.82) is 0 Å². The number of fused-ring (bicyclic) bond motifs is 1. The van der Waals surface area contributed by atoms with Crippen LogP contribution in [0.5, 0.6) is 0 Å². The Morgan fingerprint density at radius 3 is 2.26 bits per heavy atom. The Hall–Kier alpha value is -3.39. The van der Waals surface area contributed by atoms with Crippen LogP contribution >= 0.6 is 0 Å². The molecule has 0 bridgehead atoms. The number of hydrogen-bond acceptors (Lipinski definition) is 1. The molecule has 0 spiro atoms. The number of benzene rings is 5. The van der Waals surface area contributed by atoms with Gasteiger partial charge in [-0.2, -0.15) is 0 Å². The van der Waals surface area contributed by atoms with Crippen LogP contribution in [0.25, 0.3) is 54.5 Å². The highest BCUT2D eigenvalue weighted by molar-refractivity contribution is 6.25. The van der Waals surface area contributed by atoms with Crippen molar-refractivity contribution in [3.63, 3.8) is 0 Å². The second-order valence-electron chi connectivity index (χ2n) is 7.39. The number of hydrogen-bond donors (Lipinski definition) is 0. The second kappa shape index (κ2) is 5.08. The summed E-state index contributed by atoms with van der Waals surface area (Å²) in [5.74, 6) is 1.04. The van der Waals surface area contributed by atoms with Crippen molar-refractivity contribution in [3.05, 3.63) is 78.6 Å². The fourth-order valence-corrected chi connectivity index (χ4v) is 4.47. The lowest BCUT2D eigenvalue weighted by atomic mass is 9.90. The number of aromatic nitrogens is 2. The van der Waals surface area contributed by atoms with Gasteiger partial charge in [0.25, 0.3) is 0 Å². The van der Waals surface area contributed by atoms with E-state index < -0.39 is 0 Å². The highest BCUT2D eigenvalue weighted by Gasteiger charge is 2.13. The molecule has 27 heavy (non-hydrogen) atoms. The maximum atomic E-state index is 4.72. The summed E-state index contributed by atoms with van der Waals surface area (Å²) in [6.45, 7) is 2.05. The predicted octanol–water partition coefficient (Wildman–Crippen LogP) is 6.45. The van der Waals surface area contributed by atoms with E-state index in [4.69, 9.17) is 4.98 Å². The Kier molecular flexibility index (Phi) is 2.77. The minimum Gasteiger partial charge on any atom is -0.331 e. The lowest BCUT2D eigenvalue weighted by molar-refractivity contribution is 0.886. The average molecular weight is 346 g/mol. The first kappa shape index (κ1) is 14.7. The van der Waals surface area contributed by atoms with Gasteiger partial charge in [0.1, 0.15) is 5.82 Å². The molecular formula is C25H18N2. The SMILES string of the molecule is Cc1nc2cc(-c3ccc4ccc5cccc6ccc3c4c56)ccc2n1C. The van der Waals surface area contributed by atoms with Crippen LogP contribution in [0, 0.1) is 6.92 Å². The minimum absolute atomic E-state index is 1.04. The number of imidazole rings is 1. The molecule has 0 N–H and O–H groups in total. The average Bonchev–Trinajstić information content (AvgIpc) is 2.99. The molecule has 0 saturated heterocycles. The molecule has 0 unspecified atom stereocenters. The molecule has 0 radical (unpaired) electrons. The van der Waals surface area contributed by atoms with Crippen molar-refractivity contribution in [2.45, 2.75) is 6.92 Å². The summed E-state index contributed by atoms with van der Waals surface area (Å²) in [7, 11) is 2.07. The smallest absolute Gasteiger partial charge is 0.106 e. The molecule has 2 nitrogen and oxygen atoms in total. The van der Waals surface area contributed by atoms with Crippen LogP contribution in [0.4, 0.5) is 0 Å². The van der Waals surface area contributed by atoms with Crippen LogP contribution in [-0.2, 0) is 7.05 Å². The summed E-state index contributed by atoms with van der Waals surface area (Å²) >= 11 is 0. The van der Waals surface area contributed by atoms with E-state index in [2.05, 4.69) is 91.3 Å². The zero-order valence-electron chi connectivity index (χ0n) is 15.3. The van der Waals surface area contributed by atoms with E-state index >= 15 is 0 Å². The number of nitrogens with zero attached hydrogens (tertiary/aromatic N) is 2. The Labute approximate surface area is 157 Å². The summed E-state index contributed by atoms with van der Waals surface area (Å²) in [6.07, 6.45) is 0. The van der Waals surface area contributed by atoms with Crippen molar-refractivity contribution >= 4 is 43.4 Å². The Morgan fingerprint density at radius 1 is 0.741 bits per heavy atom. The van der Waals surface area contributed by atoms with Gasteiger partial charge in [-0.15, -0.1) is 0 Å². The molecule has 128 valence electrons. The zero-order valence-corrected chi connectivity index (χ0v) is 15.3.